The molecular weight excluding hydrogens is 376 g/mol. The molecule has 27 heavy (non-hydrogen) atoms. The molecule has 11 heteroatoms. The van der Waals surface area contributed by atoms with Gasteiger partial charge in [0, 0.05) is 44.3 Å². The Labute approximate surface area is 150 Å². The van der Waals surface area contributed by atoms with E-state index in [9.17, 15) is 26.3 Å². The third-order valence-corrected chi connectivity index (χ3v) is 4.45. The van der Waals surface area contributed by atoms with E-state index in [0.29, 0.717) is 16.9 Å². The zero-order valence-electron chi connectivity index (χ0n) is 14.1. The Kier molecular flexibility index (Phi) is 5.41. The first-order chi connectivity index (χ1) is 12.6. The average Bonchev–Trinajstić information content (AvgIpc) is 2.59. The zero-order chi connectivity index (χ0) is 19.7. The fraction of sp³-hybridized carbons (Fsp3) is 0.562. The van der Waals surface area contributed by atoms with Gasteiger partial charge in [-0.2, -0.15) is 26.3 Å². The van der Waals surface area contributed by atoms with Crippen molar-refractivity contribution in [2.24, 2.45) is 5.92 Å². The molecule has 3 heterocycles. The number of piperidine rings is 1. The lowest BCUT2D eigenvalue weighted by Crippen LogP contribution is -2.53. The molecule has 2 atom stereocenters. The second-order valence-electron chi connectivity index (χ2n) is 6.45. The summed E-state index contributed by atoms with van der Waals surface area (Å²) in [4.78, 5) is 13.7. The number of alkyl halides is 6. The van der Waals surface area contributed by atoms with Crippen LogP contribution in [0, 0.1) is 5.92 Å². The Hall–Kier alpha value is -2.17. The Morgan fingerprint density at radius 1 is 1.00 bits per heavy atom. The van der Waals surface area contributed by atoms with Gasteiger partial charge < -0.3 is 10.2 Å². The van der Waals surface area contributed by atoms with Gasteiger partial charge in [-0.3, -0.25) is 0 Å². The standard InChI is InChI=1S/C16H17F6N5/c17-15(18,19)2-4-23-11-7-10(16(20,21)22)8-27(9-11)12-1-3-25-14-13(12)24-5-6-26-14/h1,3,5-6,10-11,23H,2,4,7-9H2. The van der Waals surface area contributed by atoms with Crippen LogP contribution < -0.4 is 10.2 Å². The van der Waals surface area contributed by atoms with E-state index in [4.69, 9.17) is 0 Å². The quantitative estimate of drug-likeness (QED) is 0.808. The molecule has 1 N–H and O–H groups in total. The normalized spacial score (nSPS) is 21.6. The van der Waals surface area contributed by atoms with Gasteiger partial charge in [-0.25, -0.2) is 15.0 Å². The molecule has 2 aromatic rings. The third kappa shape index (κ3) is 4.96. The van der Waals surface area contributed by atoms with Crippen LogP contribution in [0.3, 0.4) is 0 Å². The van der Waals surface area contributed by atoms with E-state index in [-0.39, 0.29) is 19.5 Å². The van der Waals surface area contributed by atoms with Crippen molar-refractivity contribution in [2.75, 3.05) is 24.5 Å². The van der Waals surface area contributed by atoms with Crippen LogP contribution >= 0.6 is 0 Å². The third-order valence-electron chi connectivity index (χ3n) is 4.45. The Morgan fingerprint density at radius 3 is 2.41 bits per heavy atom. The molecule has 0 spiro atoms. The summed E-state index contributed by atoms with van der Waals surface area (Å²) < 4.78 is 77.1. The number of rotatable bonds is 4. The summed E-state index contributed by atoms with van der Waals surface area (Å²) in [5, 5.41) is 2.61. The number of nitrogens with zero attached hydrogens (tertiary/aromatic N) is 4. The molecule has 0 aromatic carbocycles. The summed E-state index contributed by atoms with van der Waals surface area (Å²) in [6.07, 6.45) is -5.90. The van der Waals surface area contributed by atoms with E-state index in [1.54, 1.807) is 6.07 Å². The predicted molar refractivity (Wildman–Crippen MR) is 86.2 cm³/mol. The molecule has 1 aliphatic heterocycles. The maximum atomic E-state index is 13.4. The molecule has 1 saturated heterocycles. The van der Waals surface area contributed by atoms with Gasteiger partial charge >= 0.3 is 12.4 Å². The Bertz CT molecular complexity index is 772. The number of anilines is 1. The van der Waals surface area contributed by atoms with Crippen LogP contribution in [-0.4, -0.2) is 53.0 Å². The molecule has 0 saturated carbocycles. The number of hydrogen-bond acceptors (Lipinski definition) is 5. The highest BCUT2D eigenvalue weighted by molar-refractivity contribution is 5.85. The summed E-state index contributed by atoms with van der Waals surface area (Å²) in [5.41, 5.74) is 1.09. The smallest absolute Gasteiger partial charge is 0.367 e. The first kappa shape index (κ1) is 19.6. The lowest BCUT2D eigenvalue weighted by molar-refractivity contribution is -0.178. The zero-order valence-corrected chi connectivity index (χ0v) is 14.1. The lowest BCUT2D eigenvalue weighted by atomic mass is 9.93. The minimum atomic E-state index is -4.45. The van der Waals surface area contributed by atoms with Crippen LogP contribution in [0.2, 0.25) is 0 Å². The number of aromatic nitrogens is 3. The van der Waals surface area contributed by atoms with Gasteiger partial charge in [-0.05, 0) is 12.5 Å². The van der Waals surface area contributed by atoms with Gasteiger partial charge in [0.25, 0.3) is 0 Å². The molecule has 2 aromatic heterocycles. The van der Waals surface area contributed by atoms with E-state index in [2.05, 4.69) is 20.3 Å². The summed E-state index contributed by atoms with van der Waals surface area (Å²) >= 11 is 0. The molecule has 0 bridgehead atoms. The van der Waals surface area contributed by atoms with Crippen LogP contribution in [0.4, 0.5) is 32.0 Å². The number of nitrogens with one attached hydrogen (secondary N) is 1. The summed E-state index contributed by atoms with van der Waals surface area (Å²) in [5.74, 6) is -1.66. The largest absolute Gasteiger partial charge is 0.393 e. The second-order valence-corrected chi connectivity index (χ2v) is 6.45. The summed E-state index contributed by atoms with van der Waals surface area (Å²) in [6, 6.07) is 0.815. The van der Waals surface area contributed by atoms with Crippen molar-refractivity contribution < 1.29 is 26.3 Å². The van der Waals surface area contributed by atoms with Crippen molar-refractivity contribution in [2.45, 2.75) is 31.2 Å². The van der Waals surface area contributed by atoms with E-state index in [0.717, 1.165) is 0 Å². The van der Waals surface area contributed by atoms with Crippen LogP contribution in [0.5, 0.6) is 0 Å². The predicted octanol–water partition coefficient (Wildman–Crippen LogP) is 3.32. The molecule has 3 rings (SSSR count). The molecule has 2 unspecified atom stereocenters. The highest BCUT2D eigenvalue weighted by atomic mass is 19.4. The van der Waals surface area contributed by atoms with Crippen LogP contribution in [0.1, 0.15) is 12.8 Å². The van der Waals surface area contributed by atoms with Gasteiger partial charge in [-0.1, -0.05) is 0 Å². The molecule has 0 amide bonds. The van der Waals surface area contributed by atoms with Crippen LogP contribution in [0.25, 0.3) is 11.2 Å². The SMILES string of the molecule is FC(F)(F)CCNC1CC(C(F)(F)F)CN(c2ccnc3nccnc23)C1. The topological polar surface area (TPSA) is 53.9 Å². The number of halogens is 6. The van der Waals surface area contributed by atoms with Crippen molar-refractivity contribution in [3.63, 3.8) is 0 Å². The monoisotopic (exact) mass is 393 g/mol. The molecule has 0 radical (unpaired) electrons. The number of hydrogen-bond donors (Lipinski definition) is 1. The second kappa shape index (κ2) is 7.45. The first-order valence-electron chi connectivity index (χ1n) is 8.31. The summed E-state index contributed by atoms with van der Waals surface area (Å²) in [7, 11) is 0. The lowest BCUT2D eigenvalue weighted by Gasteiger charge is -2.40. The fourth-order valence-corrected chi connectivity index (χ4v) is 3.22. The van der Waals surface area contributed by atoms with Crippen molar-refractivity contribution in [3.8, 4) is 0 Å². The highest BCUT2D eigenvalue weighted by Crippen LogP contribution is 2.36. The van der Waals surface area contributed by atoms with Gasteiger partial charge in [0.1, 0.15) is 5.52 Å². The van der Waals surface area contributed by atoms with Crippen LogP contribution in [0.15, 0.2) is 24.7 Å². The molecule has 5 nitrogen and oxygen atoms in total. The van der Waals surface area contributed by atoms with Gasteiger partial charge in [0.15, 0.2) is 5.65 Å². The Morgan fingerprint density at radius 2 is 1.70 bits per heavy atom. The molecule has 1 fully saturated rings. The van der Waals surface area contributed by atoms with Crippen molar-refractivity contribution in [1.29, 1.82) is 0 Å². The van der Waals surface area contributed by atoms with Gasteiger partial charge in [0.2, 0.25) is 0 Å². The minimum absolute atomic E-state index is 0.139. The van der Waals surface area contributed by atoms with Gasteiger partial charge in [0.05, 0.1) is 18.0 Å². The highest BCUT2D eigenvalue weighted by Gasteiger charge is 2.45. The van der Waals surface area contributed by atoms with Crippen molar-refractivity contribution in [3.05, 3.63) is 24.7 Å². The van der Waals surface area contributed by atoms with E-state index in [1.165, 1.54) is 23.5 Å². The van der Waals surface area contributed by atoms with E-state index >= 15 is 0 Å². The number of fused-ring (bicyclic) bond motifs is 1. The molecule has 148 valence electrons. The van der Waals surface area contributed by atoms with E-state index < -0.39 is 37.3 Å². The maximum absolute atomic E-state index is 13.4. The number of pyridine rings is 1. The minimum Gasteiger partial charge on any atom is -0.367 e. The fourth-order valence-electron chi connectivity index (χ4n) is 3.22. The van der Waals surface area contributed by atoms with Crippen LogP contribution in [-0.2, 0) is 0 Å². The maximum Gasteiger partial charge on any atom is 0.393 e. The molecular formula is C16H17F6N5. The molecule has 0 aliphatic carbocycles. The molecule has 1 aliphatic rings. The summed E-state index contributed by atoms with van der Waals surface area (Å²) in [6.45, 7) is -0.583. The van der Waals surface area contributed by atoms with Crippen molar-refractivity contribution in [1.82, 2.24) is 20.3 Å². The van der Waals surface area contributed by atoms with Crippen molar-refractivity contribution >= 4 is 16.9 Å². The van der Waals surface area contributed by atoms with Gasteiger partial charge in [-0.15, -0.1) is 0 Å². The Balaban J connectivity index is 1.83. The average molecular weight is 393 g/mol. The van der Waals surface area contributed by atoms with E-state index in [1.807, 2.05) is 0 Å². The first-order valence-corrected chi connectivity index (χ1v) is 8.31.